The summed E-state index contributed by atoms with van der Waals surface area (Å²) in [5.74, 6) is 0.00762. The molecule has 0 heterocycles. The van der Waals surface area contributed by atoms with Crippen molar-refractivity contribution in [3.8, 4) is 0 Å². The van der Waals surface area contributed by atoms with E-state index in [0.29, 0.717) is 13.0 Å². The molecule has 0 fully saturated rings. The van der Waals surface area contributed by atoms with Crippen LogP contribution in [0.2, 0.25) is 0 Å². The van der Waals surface area contributed by atoms with Crippen molar-refractivity contribution < 1.29 is 4.79 Å². The fourth-order valence-electron chi connectivity index (χ4n) is 1.48. The first-order valence-corrected chi connectivity index (χ1v) is 5.57. The molecule has 16 heavy (non-hydrogen) atoms. The summed E-state index contributed by atoms with van der Waals surface area (Å²) in [4.78, 5) is 11.4. The molecule has 0 radical (unpaired) electrons. The van der Waals surface area contributed by atoms with Gasteiger partial charge in [-0.1, -0.05) is 18.2 Å². The fraction of sp³-hybridized carbons (Fsp3) is 0.462. The normalized spacial score (nSPS) is 12.2. The summed E-state index contributed by atoms with van der Waals surface area (Å²) in [5, 5.41) is 2.86. The van der Waals surface area contributed by atoms with E-state index in [1.165, 1.54) is 11.1 Å². The predicted octanol–water partition coefficient (Wildman–Crippen LogP) is 1.66. The van der Waals surface area contributed by atoms with Crippen LogP contribution in [0.15, 0.2) is 18.2 Å². The molecule has 1 rings (SSSR count). The van der Waals surface area contributed by atoms with Crippen LogP contribution in [0.5, 0.6) is 0 Å². The van der Waals surface area contributed by atoms with Gasteiger partial charge in [-0.15, -0.1) is 0 Å². The van der Waals surface area contributed by atoms with Crippen molar-refractivity contribution in [3.05, 3.63) is 34.9 Å². The Morgan fingerprint density at radius 3 is 2.62 bits per heavy atom. The molecular weight excluding hydrogens is 200 g/mol. The lowest BCUT2D eigenvalue weighted by atomic mass is 10.1. The zero-order valence-electron chi connectivity index (χ0n) is 10.2. The van der Waals surface area contributed by atoms with Crippen LogP contribution in [0.3, 0.4) is 0 Å². The van der Waals surface area contributed by atoms with Crippen LogP contribution in [0.4, 0.5) is 0 Å². The van der Waals surface area contributed by atoms with Crippen LogP contribution in [-0.4, -0.2) is 11.9 Å². The van der Waals surface area contributed by atoms with E-state index in [9.17, 15) is 4.79 Å². The van der Waals surface area contributed by atoms with Crippen LogP contribution >= 0.6 is 0 Å². The maximum Gasteiger partial charge on any atom is 0.221 e. The highest BCUT2D eigenvalue weighted by Gasteiger charge is 2.04. The van der Waals surface area contributed by atoms with E-state index in [1.807, 2.05) is 13.0 Å². The molecule has 0 aliphatic rings. The second kappa shape index (κ2) is 5.66. The summed E-state index contributed by atoms with van der Waals surface area (Å²) in [6.07, 6.45) is 0.380. The van der Waals surface area contributed by atoms with Gasteiger partial charge in [-0.05, 0) is 37.5 Å². The zero-order valence-corrected chi connectivity index (χ0v) is 10.2. The van der Waals surface area contributed by atoms with Gasteiger partial charge in [-0.2, -0.15) is 0 Å². The highest BCUT2D eigenvalue weighted by Crippen LogP contribution is 2.09. The van der Waals surface area contributed by atoms with Gasteiger partial charge in [0.05, 0.1) is 0 Å². The molecule has 1 aromatic rings. The van der Waals surface area contributed by atoms with Crippen molar-refractivity contribution >= 4 is 5.91 Å². The lowest BCUT2D eigenvalue weighted by Crippen LogP contribution is -2.29. The molecular formula is C13H20N2O. The minimum Gasteiger partial charge on any atom is -0.352 e. The number of hydrogen-bond acceptors (Lipinski definition) is 2. The average molecular weight is 220 g/mol. The minimum atomic E-state index is -0.0836. The summed E-state index contributed by atoms with van der Waals surface area (Å²) in [6, 6.07) is 6.12. The van der Waals surface area contributed by atoms with Gasteiger partial charge in [0, 0.05) is 19.0 Å². The summed E-state index contributed by atoms with van der Waals surface area (Å²) >= 11 is 0. The number of rotatable bonds is 4. The van der Waals surface area contributed by atoms with Crippen LogP contribution in [0.1, 0.15) is 30.0 Å². The molecule has 0 saturated carbocycles. The maximum absolute atomic E-state index is 11.4. The quantitative estimate of drug-likeness (QED) is 0.810. The third-order valence-corrected chi connectivity index (χ3v) is 2.57. The first-order valence-electron chi connectivity index (χ1n) is 5.57. The summed E-state index contributed by atoms with van der Waals surface area (Å²) < 4.78 is 0. The molecule has 1 unspecified atom stereocenters. The molecule has 0 aliphatic heterocycles. The second-order valence-electron chi connectivity index (χ2n) is 4.38. The number of hydrogen-bond donors (Lipinski definition) is 2. The van der Waals surface area contributed by atoms with Gasteiger partial charge >= 0.3 is 0 Å². The van der Waals surface area contributed by atoms with E-state index < -0.39 is 0 Å². The molecule has 0 aliphatic carbocycles. The molecule has 3 nitrogen and oxygen atoms in total. The highest BCUT2D eigenvalue weighted by molar-refractivity contribution is 5.76. The van der Waals surface area contributed by atoms with Gasteiger partial charge in [0.15, 0.2) is 0 Å². The largest absolute Gasteiger partial charge is 0.352 e. The maximum atomic E-state index is 11.4. The van der Waals surface area contributed by atoms with Gasteiger partial charge in [0.1, 0.15) is 0 Å². The SMILES string of the molecule is Cc1ccc(CNC(=O)CC(C)N)cc1C. The van der Waals surface area contributed by atoms with Crippen molar-refractivity contribution in [2.45, 2.75) is 39.8 Å². The molecule has 0 saturated heterocycles. The molecule has 88 valence electrons. The number of benzene rings is 1. The Morgan fingerprint density at radius 1 is 1.38 bits per heavy atom. The van der Waals surface area contributed by atoms with Gasteiger partial charge in [0.25, 0.3) is 0 Å². The summed E-state index contributed by atoms with van der Waals surface area (Å²) in [6.45, 7) is 6.55. The Kier molecular flexibility index (Phi) is 4.50. The predicted molar refractivity (Wildman–Crippen MR) is 66.0 cm³/mol. The average Bonchev–Trinajstić information content (AvgIpc) is 2.19. The van der Waals surface area contributed by atoms with Crippen LogP contribution in [-0.2, 0) is 11.3 Å². The highest BCUT2D eigenvalue weighted by atomic mass is 16.1. The number of carbonyl (C=O) groups excluding carboxylic acids is 1. The van der Waals surface area contributed by atoms with Crippen molar-refractivity contribution in [2.24, 2.45) is 5.73 Å². The summed E-state index contributed by atoms with van der Waals surface area (Å²) in [5.41, 5.74) is 9.19. The van der Waals surface area contributed by atoms with Gasteiger partial charge in [0.2, 0.25) is 5.91 Å². The third-order valence-electron chi connectivity index (χ3n) is 2.57. The van der Waals surface area contributed by atoms with Crippen molar-refractivity contribution in [1.29, 1.82) is 0 Å². The van der Waals surface area contributed by atoms with Crippen molar-refractivity contribution in [3.63, 3.8) is 0 Å². The Balaban J connectivity index is 2.48. The van der Waals surface area contributed by atoms with E-state index in [2.05, 4.69) is 31.3 Å². The molecule has 1 atom stereocenters. The van der Waals surface area contributed by atoms with E-state index in [-0.39, 0.29) is 11.9 Å². The lowest BCUT2D eigenvalue weighted by molar-refractivity contribution is -0.121. The van der Waals surface area contributed by atoms with Gasteiger partial charge in [-0.3, -0.25) is 4.79 Å². The molecule has 0 bridgehead atoms. The van der Waals surface area contributed by atoms with Crippen molar-refractivity contribution in [2.75, 3.05) is 0 Å². The van der Waals surface area contributed by atoms with E-state index in [4.69, 9.17) is 5.73 Å². The Morgan fingerprint density at radius 2 is 2.06 bits per heavy atom. The molecule has 0 aromatic heterocycles. The number of aryl methyl sites for hydroxylation is 2. The minimum absolute atomic E-state index is 0.00762. The topological polar surface area (TPSA) is 55.1 Å². The molecule has 1 aromatic carbocycles. The second-order valence-corrected chi connectivity index (χ2v) is 4.38. The Bertz CT molecular complexity index is 372. The molecule has 1 amide bonds. The lowest BCUT2D eigenvalue weighted by Gasteiger charge is -2.08. The number of nitrogens with two attached hydrogens (primary N) is 1. The first kappa shape index (κ1) is 12.7. The van der Waals surface area contributed by atoms with Crippen LogP contribution in [0, 0.1) is 13.8 Å². The summed E-state index contributed by atoms with van der Waals surface area (Å²) in [7, 11) is 0. The monoisotopic (exact) mass is 220 g/mol. The van der Waals surface area contributed by atoms with Crippen LogP contribution < -0.4 is 11.1 Å². The van der Waals surface area contributed by atoms with Gasteiger partial charge in [-0.25, -0.2) is 0 Å². The van der Waals surface area contributed by atoms with Crippen LogP contribution in [0.25, 0.3) is 0 Å². The van der Waals surface area contributed by atoms with E-state index in [0.717, 1.165) is 5.56 Å². The third kappa shape index (κ3) is 4.03. The zero-order chi connectivity index (χ0) is 12.1. The standard InChI is InChI=1S/C13H20N2O/c1-9-4-5-12(6-10(9)2)8-15-13(16)7-11(3)14/h4-6,11H,7-8,14H2,1-3H3,(H,15,16). The molecule has 0 spiro atoms. The number of carbonyl (C=O) groups is 1. The number of amides is 1. The number of nitrogens with one attached hydrogen (secondary N) is 1. The fourth-order valence-corrected chi connectivity index (χ4v) is 1.48. The molecule has 3 heteroatoms. The van der Waals surface area contributed by atoms with E-state index in [1.54, 1.807) is 0 Å². The van der Waals surface area contributed by atoms with E-state index >= 15 is 0 Å². The smallest absolute Gasteiger partial charge is 0.221 e. The Labute approximate surface area is 97.0 Å². The Hall–Kier alpha value is -1.35. The van der Waals surface area contributed by atoms with Gasteiger partial charge < -0.3 is 11.1 Å². The molecule has 3 N–H and O–H groups in total. The van der Waals surface area contributed by atoms with Crippen molar-refractivity contribution in [1.82, 2.24) is 5.32 Å². The first-order chi connectivity index (χ1) is 7.49.